The second-order valence-electron chi connectivity index (χ2n) is 4.63. The molecule has 0 saturated heterocycles. The molecule has 0 bridgehead atoms. The first-order chi connectivity index (χ1) is 10.3. The fraction of sp³-hybridized carbons (Fsp3) is 0.231. The van der Waals surface area contributed by atoms with Gasteiger partial charge in [-0.2, -0.15) is 11.3 Å². The van der Waals surface area contributed by atoms with Crippen molar-refractivity contribution in [1.82, 2.24) is 0 Å². The van der Waals surface area contributed by atoms with Crippen molar-refractivity contribution in [2.75, 3.05) is 18.1 Å². The van der Waals surface area contributed by atoms with Crippen molar-refractivity contribution < 1.29 is 18.4 Å². The minimum absolute atomic E-state index is 0.0325. The Balaban J connectivity index is 2.30. The highest BCUT2D eigenvalue weighted by Crippen LogP contribution is 2.32. The Morgan fingerprint density at radius 3 is 2.68 bits per heavy atom. The fourth-order valence-corrected chi connectivity index (χ4v) is 3.51. The standard InChI is InChI=1S/C13H14N2O5S2/c1-22(19,20)12-4-2-3-10(13(12)15(17)18)14-7-11(16)9-5-6-21-8-9/h2-6,8,11,14,16H,7H2,1H3. The largest absolute Gasteiger partial charge is 0.387 e. The number of benzene rings is 1. The van der Waals surface area contributed by atoms with Gasteiger partial charge in [0.25, 0.3) is 0 Å². The van der Waals surface area contributed by atoms with Gasteiger partial charge in [0.15, 0.2) is 9.84 Å². The van der Waals surface area contributed by atoms with Crippen LogP contribution in [0.25, 0.3) is 0 Å². The molecule has 0 saturated carbocycles. The molecule has 1 unspecified atom stereocenters. The Morgan fingerprint density at radius 2 is 2.14 bits per heavy atom. The quantitative estimate of drug-likeness (QED) is 0.615. The number of aliphatic hydroxyl groups excluding tert-OH is 1. The molecule has 1 aromatic carbocycles. The van der Waals surface area contributed by atoms with Crippen molar-refractivity contribution in [3.05, 3.63) is 50.7 Å². The van der Waals surface area contributed by atoms with Crippen LogP contribution in [0.15, 0.2) is 39.9 Å². The van der Waals surface area contributed by atoms with Crippen molar-refractivity contribution in [3.8, 4) is 0 Å². The SMILES string of the molecule is CS(=O)(=O)c1cccc(NCC(O)c2ccsc2)c1[N+](=O)[O-]. The van der Waals surface area contributed by atoms with Crippen LogP contribution in [0.4, 0.5) is 11.4 Å². The summed E-state index contributed by atoms with van der Waals surface area (Å²) in [5, 5.41) is 27.5. The van der Waals surface area contributed by atoms with Gasteiger partial charge in [-0.3, -0.25) is 10.1 Å². The van der Waals surface area contributed by atoms with E-state index in [9.17, 15) is 23.6 Å². The number of nitro groups is 1. The van der Waals surface area contributed by atoms with Crippen molar-refractivity contribution in [3.63, 3.8) is 0 Å². The predicted molar refractivity (Wildman–Crippen MR) is 84.0 cm³/mol. The van der Waals surface area contributed by atoms with E-state index in [0.29, 0.717) is 5.56 Å². The highest BCUT2D eigenvalue weighted by atomic mass is 32.2. The molecule has 0 aliphatic carbocycles. The maximum atomic E-state index is 11.7. The van der Waals surface area contributed by atoms with Crippen LogP contribution < -0.4 is 5.32 Å². The average molecular weight is 342 g/mol. The summed E-state index contributed by atoms with van der Waals surface area (Å²) >= 11 is 1.43. The number of hydrogen-bond donors (Lipinski definition) is 2. The number of thiophene rings is 1. The molecule has 2 aromatic rings. The molecular formula is C13H14N2O5S2. The second kappa shape index (κ2) is 6.42. The van der Waals surface area contributed by atoms with Crippen LogP contribution in [0.3, 0.4) is 0 Å². The summed E-state index contributed by atoms with van der Waals surface area (Å²) in [5.74, 6) is 0. The molecule has 22 heavy (non-hydrogen) atoms. The average Bonchev–Trinajstić information content (AvgIpc) is 2.97. The second-order valence-corrected chi connectivity index (χ2v) is 7.40. The molecule has 0 radical (unpaired) electrons. The van der Waals surface area contributed by atoms with Crippen LogP contribution in [-0.4, -0.2) is 31.2 Å². The van der Waals surface area contributed by atoms with Gasteiger partial charge in [-0.1, -0.05) is 6.07 Å². The van der Waals surface area contributed by atoms with Gasteiger partial charge >= 0.3 is 5.69 Å². The summed E-state index contributed by atoms with van der Waals surface area (Å²) < 4.78 is 23.3. The van der Waals surface area contributed by atoms with Gasteiger partial charge in [0, 0.05) is 12.8 Å². The van der Waals surface area contributed by atoms with Gasteiger partial charge < -0.3 is 10.4 Å². The lowest BCUT2D eigenvalue weighted by Gasteiger charge is -2.13. The number of nitrogens with zero attached hydrogens (tertiary/aromatic N) is 1. The Bertz CT molecular complexity index is 772. The van der Waals surface area contributed by atoms with E-state index in [-0.39, 0.29) is 17.1 Å². The third kappa shape index (κ3) is 3.62. The molecule has 1 aromatic heterocycles. The van der Waals surface area contributed by atoms with E-state index >= 15 is 0 Å². The number of sulfone groups is 1. The number of rotatable bonds is 6. The van der Waals surface area contributed by atoms with Crippen LogP contribution in [0.5, 0.6) is 0 Å². The molecule has 1 atom stereocenters. The zero-order valence-electron chi connectivity index (χ0n) is 11.6. The molecule has 0 aliphatic heterocycles. The Labute approximate surface area is 131 Å². The first-order valence-electron chi connectivity index (χ1n) is 6.22. The molecule has 7 nitrogen and oxygen atoms in total. The predicted octanol–water partition coefficient (Wildman–Crippen LogP) is 2.21. The summed E-state index contributed by atoms with van der Waals surface area (Å²) in [6.45, 7) is 0.0325. The number of hydrogen-bond acceptors (Lipinski definition) is 7. The monoisotopic (exact) mass is 342 g/mol. The van der Waals surface area contributed by atoms with E-state index in [1.54, 1.807) is 11.4 Å². The Kier molecular flexibility index (Phi) is 4.79. The topological polar surface area (TPSA) is 110 Å². The third-order valence-electron chi connectivity index (χ3n) is 2.99. The van der Waals surface area contributed by atoms with E-state index in [1.807, 2.05) is 5.38 Å². The maximum Gasteiger partial charge on any atom is 0.310 e. The summed E-state index contributed by atoms with van der Waals surface area (Å²) in [7, 11) is -3.73. The lowest BCUT2D eigenvalue weighted by molar-refractivity contribution is -0.386. The van der Waals surface area contributed by atoms with Crippen molar-refractivity contribution in [2.24, 2.45) is 0 Å². The smallest absolute Gasteiger partial charge is 0.310 e. The minimum Gasteiger partial charge on any atom is -0.387 e. The van der Waals surface area contributed by atoms with Gasteiger partial charge in [0.1, 0.15) is 10.6 Å². The lowest BCUT2D eigenvalue weighted by Crippen LogP contribution is -2.13. The molecule has 2 rings (SSSR count). The van der Waals surface area contributed by atoms with Crippen LogP contribution in [0.1, 0.15) is 11.7 Å². The normalized spacial score (nSPS) is 12.8. The molecular weight excluding hydrogens is 328 g/mol. The van der Waals surface area contributed by atoms with Gasteiger partial charge in [-0.25, -0.2) is 8.42 Å². The maximum absolute atomic E-state index is 11.7. The van der Waals surface area contributed by atoms with Gasteiger partial charge in [0.2, 0.25) is 0 Å². The first kappa shape index (κ1) is 16.4. The number of aliphatic hydroxyl groups is 1. The molecule has 0 amide bonds. The fourth-order valence-electron chi connectivity index (χ4n) is 1.94. The number of nitrogens with one attached hydrogen (secondary N) is 1. The number of para-hydroxylation sites is 1. The van der Waals surface area contributed by atoms with E-state index in [4.69, 9.17) is 0 Å². The van der Waals surface area contributed by atoms with Gasteiger partial charge in [0.05, 0.1) is 11.0 Å². The van der Waals surface area contributed by atoms with Crippen LogP contribution >= 0.6 is 11.3 Å². The molecule has 9 heteroatoms. The summed E-state index contributed by atoms with van der Waals surface area (Å²) in [4.78, 5) is 10.1. The summed E-state index contributed by atoms with van der Waals surface area (Å²) in [6.07, 6.45) is 0.0759. The van der Waals surface area contributed by atoms with Crippen molar-refractivity contribution in [2.45, 2.75) is 11.0 Å². The third-order valence-corrected chi connectivity index (χ3v) is 4.82. The molecule has 0 spiro atoms. The summed E-state index contributed by atoms with van der Waals surface area (Å²) in [6, 6.07) is 5.77. The number of anilines is 1. The van der Waals surface area contributed by atoms with E-state index in [1.165, 1.54) is 29.5 Å². The Hall–Kier alpha value is -1.97. The molecule has 0 aliphatic rings. The van der Waals surface area contributed by atoms with Crippen LogP contribution in [0, 0.1) is 10.1 Å². The van der Waals surface area contributed by atoms with Crippen LogP contribution in [0.2, 0.25) is 0 Å². The van der Waals surface area contributed by atoms with Gasteiger partial charge in [-0.05, 0) is 34.5 Å². The van der Waals surface area contributed by atoms with Crippen LogP contribution in [-0.2, 0) is 9.84 Å². The lowest BCUT2D eigenvalue weighted by atomic mass is 10.2. The van der Waals surface area contributed by atoms with E-state index in [0.717, 1.165) is 6.26 Å². The van der Waals surface area contributed by atoms with E-state index in [2.05, 4.69) is 5.32 Å². The highest BCUT2D eigenvalue weighted by Gasteiger charge is 2.26. The molecule has 0 fully saturated rings. The highest BCUT2D eigenvalue weighted by molar-refractivity contribution is 7.90. The molecule has 2 N–H and O–H groups in total. The zero-order valence-corrected chi connectivity index (χ0v) is 13.2. The van der Waals surface area contributed by atoms with Gasteiger partial charge in [-0.15, -0.1) is 0 Å². The first-order valence-corrected chi connectivity index (χ1v) is 9.05. The summed E-state index contributed by atoms with van der Waals surface area (Å²) in [5.41, 5.74) is 0.240. The molecule has 118 valence electrons. The minimum atomic E-state index is -3.73. The van der Waals surface area contributed by atoms with E-state index < -0.39 is 26.6 Å². The van der Waals surface area contributed by atoms with Crippen molar-refractivity contribution >= 4 is 32.5 Å². The van der Waals surface area contributed by atoms with Crippen molar-refractivity contribution in [1.29, 1.82) is 0 Å². The number of nitro benzene ring substituents is 1. The zero-order chi connectivity index (χ0) is 16.3. The Morgan fingerprint density at radius 1 is 1.41 bits per heavy atom. The molecule has 1 heterocycles.